The highest BCUT2D eigenvalue weighted by Gasteiger charge is 2.26. The van der Waals surface area contributed by atoms with Crippen LogP contribution in [0.1, 0.15) is 38.0 Å². The van der Waals surface area contributed by atoms with E-state index in [9.17, 15) is 5.11 Å². The Kier molecular flexibility index (Phi) is 3.38. The molecule has 0 radical (unpaired) electrons. The summed E-state index contributed by atoms with van der Waals surface area (Å²) in [7, 11) is 0. The fraction of sp³-hybridized carbons (Fsp3) is 0.727. The highest BCUT2D eigenvalue weighted by Crippen LogP contribution is 2.25. The first-order valence-electron chi connectivity index (χ1n) is 5.64. The van der Waals surface area contributed by atoms with Crippen molar-refractivity contribution in [2.75, 3.05) is 6.61 Å². The van der Waals surface area contributed by atoms with Crippen LogP contribution in [0.25, 0.3) is 0 Å². The lowest BCUT2D eigenvalue weighted by molar-refractivity contribution is -0.0662. The molecule has 2 heterocycles. The van der Waals surface area contributed by atoms with E-state index < -0.39 is 6.10 Å². The average molecular weight is 210 g/mol. The molecule has 4 heteroatoms. The van der Waals surface area contributed by atoms with Crippen LogP contribution in [-0.2, 0) is 11.3 Å². The lowest BCUT2D eigenvalue weighted by atomic mass is 10.0. The van der Waals surface area contributed by atoms with Gasteiger partial charge in [-0.3, -0.25) is 4.68 Å². The lowest BCUT2D eigenvalue weighted by Crippen LogP contribution is -2.28. The second-order valence-corrected chi connectivity index (χ2v) is 3.92. The summed E-state index contributed by atoms with van der Waals surface area (Å²) in [6, 6.07) is 1.87. The number of nitrogens with zero attached hydrogens (tertiary/aromatic N) is 2. The molecule has 1 aliphatic heterocycles. The molecule has 0 aromatic carbocycles. The first-order chi connectivity index (χ1) is 7.33. The molecule has 0 spiro atoms. The van der Waals surface area contributed by atoms with E-state index in [1.54, 1.807) is 6.20 Å². The Hall–Kier alpha value is -0.870. The van der Waals surface area contributed by atoms with E-state index in [-0.39, 0.29) is 6.10 Å². The minimum atomic E-state index is -0.534. The van der Waals surface area contributed by atoms with Crippen LogP contribution in [0.4, 0.5) is 0 Å². The van der Waals surface area contributed by atoms with Gasteiger partial charge < -0.3 is 9.84 Å². The quantitative estimate of drug-likeness (QED) is 0.822. The maximum Gasteiger partial charge on any atom is 0.122 e. The van der Waals surface area contributed by atoms with Gasteiger partial charge in [0.15, 0.2) is 0 Å². The number of hydrogen-bond acceptors (Lipinski definition) is 3. The Bertz CT molecular complexity index is 305. The van der Waals surface area contributed by atoms with Crippen LogP contribution in [0, 0.1) is 0 Å². The van der Waals surface area contributed by atoms with Crippen LogP contribution in [-0.4, -0.2) is 27.6 Å². The molecule has 0 aliphatic carbocycles. The molecule has 1 fully saturated rings. The Labute approximate surface area is 89.9 Å². The molecule has 1 aromatic heterocycles. The molecule has 1 saturated heterocycles. The summed E-state index contributed by atoms with van der Waals surface area (Å²) in [6.45, 7) is 3.57. The molecule has 2 atom stereocenters. The largest absolute Gasteiger partial charge is 0.384 e. The van der Waals surface area contributed by atoms with E-state index in [2.05, 4.69) is 5.10 Å². The van der Waals surface area contributed by atoms with E-state index in [1.807, 2.05) is 17.7 Å². The Morgan fingerprint density at radius 1 is 1.67 bits per heavy atom. The zero-order valence-electron chi connectivity index (χ0n) is 9.09. The van der Waals surface area contributed by atoms with Crippen molar-refractivity contribution < 1.29 is 9.84 Å². The average Bonchev–Trinajstić information content (AvgIpc) is 2.77. The fourth-order valence-electron chi connectivity index (χ4n) is 2.06. The molecule has 2 rings (SSSR count). The van der Waals surface area contributed by atoms with Crippen LogP contribution < -0.4 is 0 Å². The number of aryl methyl sites for hydroxylation is 1. The molecule has 0 saturated carbocycles. The maximum absolute atomic E-state index is 10.2. The third-order valence-corrected chi connectivity index (χ3v) is 2.92. The lowest BCUT2D eigenvalue weighted by Gasteiger charge is -2.27. The molecule has 1 N–H and O–H groups in total. The van der Waals surface area contributed by atoms with Gasteiger partial charge in [-0.1, -0.05) is 0 Å². The molecule has 2 unspecified atom stereocenters. The van der Waals surface area contributed by atoms with Gasteiger partial charge in [0.1, 0.15) is 6.10 Å². The van der Waals surface area contributed by atoms with Gasteiger partial charge in [0.2, 0.25) is 0 Å². The summed E-state index contributed by atoms with van der Waals surface area (Å²) in [4.78, 5) is 0. The van der Waals surface area contributed by atoms with Gasteiger partial charge in [-0.05, 0) is 32.3 Å². The monoisotopic (exact) mass is 210 g/mol. The first-order valence-corrected chi connectivity index (χ1v) is 5.64. The predicted octanol–water partition coefficient (Wildman–Crippen LogP) is 1.51. The molecule has 15 heavy (non-hydrogen) atoms. The minimum absolute atomic E-state index is 0.0549. The Morgan fingerprint density at radius 3 is 3.20 bits per heavy atom. The van der Waals surface area contributed by atoms with Crippen molar-refractivity contribution >= 4 is 0 Å². The van der Waals surface area contributed by atoms with E-state index in [0.717, 1.165) is 38.1 Å². The summed E-state index contributed by atoms with van der Waals surface area (Å²) in [5.41, 5.74) is 0.865. The van der Waals surface area contributed by atoms with Crippen molar-refractivity contribution in [3.05, 3.63) is 18.0 Å². The maximum atomic E-state index is 10.2. The second-order valence-electron chi connectivity index (χ2n) is 3.92. The van der Waals surface area contributed by atoms with Crippen molar-refractivity contribution in [1.29, 1.82) is 0 Å². The van der Waals surface area contributed by atoms with Crippen molar-refractivity contribution in [1.82, 2.24) is 9.78 Å². The van der Waals surface area contributed by atoms with Crippen LogP contribution in [0.5, 0.6) is 0 Å². The standard InChI is InChI=1S/C11H18N2O2/c1-2-13-9(6-7-12-13)11(14)10-5-3-4-8-15-10/h6-7,10-11,14H,2-5,8H2,1H3. The number of hydrogen-bond donors (Lipinski definition) is 1. The zero-order valence-corrected chi connectivity index (χ0v) is 9.09. The number of ether oxygens (including phenoxy) is 1. The summed E-state index contributed by atoms with van der Waals surface area (Å²) in [5.74, 6) is 0. The fourth-order valence-corrected chi connectivity index (χ4v) is 2.06. The van der Waals surface area contributed by atoms with Gasteiger partial charge >= 0.3 is 0 Å². The Morgan fingerprint density at radius 2 is 2.53 bits per heavy atom. The van der Waals surface area contributed by atoms with Crippen molar-refractivity contribution in [2.45, 2.75) is 44.9 Å². The number of rotatable bonds is 3. The molecule has 1 aliphatic rings. The molecule has 1 aromatic rings. The highest BCUT2D eigenvalue weighted by atomic mass is 16.5. The van der Waals surface area contributed by atoms with E-state index >= 15 is 0 Å². The highest BCUT2D eigenvalue weighted by molar-refractivity contribution is 5.06. The predicted molar refractivity (Wildman–Crippen MR) is 56.5 cm³/mol. The van der Waals surface area contributed by atoms with Gasteiger partial charge in [0, 0.05) is 19.3 Å². The van der Waals surface area contributed by atoms with Gasteiger partial charge in [-0.15, -0.1) is 0 Å². The van der Waals surface area contributed by atoms with E-state index in [0.29, 0.717) is 0 Å². The molecule has 4 nitrogen and oxygen atoms in total. The minimum Gasteiger partial charge on any atom is -0.384 e. The van der Waals surface area contributed by atoms with Crippen molar-refractivity contribution in [3.8, 4) is 0 Å². The van der Waals surface area contributed by atoms with Gasteiger partial charge in [0.05, 0.1) is 11.8 Å². The Balaban J connectivity index is 2.08. The van der Waals surface area contributed by atoms with Crippen LogP contribution in [0.15, 0.2) is 12.3 Å². The number of aromatic nitrogens is 2. The van der Waals surface area contributed by atoms with Crippen LogP contribution in [0.3, 0.4) is 0 Å². The normalized spacial score (nSPS) is 24.0. The number of aliphatic hydroxyl groups is 1. The summed E-state index contributed by atoms with van der Waals surface area (Å²) in [6.07, 6.45) is 4.33. The smallest absolute Gasteiger partial charge is 0.122 e. The van der Waals surface area contributed by atoms with Crippen LogP contribution >= 0.6 is 0 Å². The summed E-state index contributed by atoms with van der Waals surface area (Å²) >= 11 is 0. The van der Waals surface area contributed by atoms with Crippen LogP contribution in [0.2, 0.25) is 0 Å². The van der Waals surface area contributed by atoms with Crippen molar-refractivity contribution in [2.24, 2.45) is 0 Å². The first kappa shape index (κ1) is 10.6. The summed E-state index contributed by atoms with van der Waals surface area (Å²) < 4.78 is 7.39. The van der Waals surface area contributed by atoms with E-state index in [1.165, 1.54) is 0 Å². The molecule has 0 bridgehead atoms. The molecular formula is C11H18N2O2. The third-order valence-electron chi connectivity index (χ3n) is 2.92. The second kappa shape index (κ2) is 4.77. The zero-order chi connectivity index (χ0) is 10.7. The molecule has 84 valence electrons. The van der Waals surface area contributed by atoms with Gasteiger partial charge in [0.25, 0.3) is 0 Å². The summed E-state index contributed by atoms with van der Waals surface area (Å²) in [5, 5.41) is 14.3. The van der Waals surface area contributed by atoms with Gasteiger partial charge in [-0.2, -0.15) is 5.10 Å². The van der Waals surface area contributed by atoms with E-state index in [4.69, 9.17) is 4.74 Å². The van der Waals surface area contributed by atoms with Crippen molar-refractivity contribution in [3.63, 3.8) is 0 Å². The third kappa shape index (κ3) is 2.21. The SMILES string of the molecule is CCn1nccc1C(O)C1CCCCO1. The molecular weight excluding hydrogens is 192 g/mol. The number of aliphatic hydroxyl groups excluding tert-OH is 1. The molecule has 0 amide bonds. The van der Waals surface area contributed by atoms with Gasteiger partial charge in [-0.25, -0.2) is 0 Å². The topological polar surface area (TPSA) is 47.3 Å².